The standard InChI is InChI=1S/C14H16Cl2N2O/c1-3-18-13(6-9(2)17-18)14(19)8-10-4-5-11(15)12(16)7-10/h4-7,14,19H,3,8H2,1-2H3. The first-order valence-electron chi connectivity index (χ1n) is 6.17. The highest BCUT2D eigenvalue weighted by molar-refractivity contribution is 6.42. The van der Waals surface area contributed by atoms with Gasteiger partial charge in [0.05, 0.1) is 27.5 Å². The monoisotopic (exact) mass is 298 g/mol. The first kappa shape index (κ1) is 14.4. The van der Waals surface area contributed by atoms with Crippen LogP contribution >= 0.6 is 23.2 Å². The van der Waals surface area contributed by atoms with Crippen LogP contribution in [0.1, 0.15) is 30.0 Å². The van der Waals surface area contributed by atoms with E-state index in [1.807, 2.05) is 30.7 Å². The summed E-state index contributed by atoms with van der Waals surface area (Å²) < 4.78 is 1.82. The number of aryl methyl sites for hydroxylation is 2. The van der Waals surface area contributed by atoms with Crippen molar-refractivity contribution in [2.45, 2.75) is 32.9 Å². The van der Waals surface area contributed by atoms with Crippen LogP contribution in [-0.4, -0.2) is 14.9 Å². The lowest BCUT2D eigenvalue weighted by molar-refractivity contribution is 0.167. The molecule has 0 aliphatic carbocycles. The summed E-state index contributed by atoms with van der Waals surface area (Å²) in [6, 6.07) is 7.31. The molecule has 5 heteroatoms. The van der Waals surface area contributed by atoms with Gasteiger partial charge < -0.3 is 5.11 Å². The van der Waals surface area contributed by atoms with E-state index in [2.05, 4.69) is 5.10 Å². The number of benzene rings is 1. The van der Waals surface area contributed by atoms with Crippen LogP contribution in [0.15, 0.2) is 24.3 Å². The van der Waals surface area contributed by atoms with Crippen LogP contribution < -0.4 is 0 Å². The van der Waals surface area contributed by atoms with Gasteiger partial charge in [-0.05, 0) is 37.6 Å². The fourth-order valence-electron chi connectivity index (χ4n) is 2.08. The zero-order valence-corrected chi connectivity index (χ0v) is 12.4. The quantitative estimate of drug-likeness (QED) is 0.932. The third kappa shape index (κ3) is 3.30. The van der Waals surface area contributed by atoms with Crippen LogP contribution in [0, 0.1) is 6.92 Å². The molecule has 1 heterocycles. The highest BCUT2D eigenvalue weighted by Crippen LogP contribution is 2.26. The van der Waals surface area contributed by atoms with Crippen molar-refractivity contribution in [1.82, 2.24) is 9.78 Å². The Morgan fingerprint density at radius 1 is 1.26 bits per heavy atom. The van der Waals surface area contributed by atoms with E-state index in [-0.39, 0.29) is 0 Å². The van der Waals surface area contributed by atoms with Gasteiger partial charge in [-0.2, -0.15) is 5.10 Å². The highest BCUT2D eigenvalue weighted by Gasteiger charge is 2.15. The van der Waals surface area contributed by atoms with Crippen molar-refractivity contribution in [3.63, 3.8) is 0 Å². The van der Waals surface area contributed by atoms with Crippen molar-refractivity contribution >= 4 is 23.2 Å². The average molecular weight is 299 g/mol. The van der Waals surface area contributed by atoms with Crippen LogP contribution in [0.4, 0.5) is 0 Å². The molecule has 2 aromatic rings. The molecule has 1 atom stereocenters. The zero-order valence-electron chi connectivity index (χ0n) is 10.9. The minimum Gasteiger partial charge on any atom is -0.386 e. The summed E-state index contributed by atoms with van der Waals surface area (Å²) in [5, 5.41) is 15.7. The molecule has 1 aromatic carbocycles. The Kier molecular flexibility index (Phi) is 4.50. The van der Waals surface area contributed by atoms with Gasteiger partial charge in [0, 0.05) is 13.0 Å². The number of aliphatic hydroxyl groups is 1. The van der Waals surface area contributed by atoms with Gasteiger partial charge in [-0.15, -0.1) is 0 Å². The molecule has 19 heavy (non-hydrogen) atoms. The number of nitrogens with zero attached hydrogens (tertiary/aromatic N) is 2. The third-order valence-corrected chi connectivity index (χ3v) is 3.73. The number of hydrogen-bond donors (Lipinski definition) is 1. The summed E-state index contributed by atoms with van der Waals surface area (Å²) in [5.74, 6) is 0. The van der Waals surface area contributed by atoms with Crippen LogP contribution in [0.25, 0.3) is 0 Å². The van der Waals surface area contributed by atoms with Crippen molar-refractivity contribution in [1.29, 1.82) is 0 Å². The molecule has 0 saturated heterocycles. The molecule has 0 amide bonds. The maximum absolute atomic E-state index is 10.3. The molecule has 1 aromatic heterocycles. The summed E-state index contributed by atoms with van der Waals surface area (Å²) in [7, 11) is 0. The van der Waals surface area contributed by atoms with E-state index in [1.54, 1.807) is 12.1 Å². The lowest BCUT2D eigenvalue weighted by atomic mass is 10.1. The van der Waals surface area contributed by atoms with Gasteiger partial charge in [-0.25, -0.2) is 0 Å². The van der Waals surface area contributed by atoms with Crippen molar-refractivity contribution in [2.24, 2.45) is 0 Å². The van der Waals surface area contributed by atoms with Gasteiger partial charge in [-0.1, -0.05) is 29.3 Å². The van der Waals surface area contributed by atoms with E-state index in [0.717, 1.165) is 23.5 Å². The van der Waals surface area contributed by atoms with Crippen LogP contribution in [0.5, 0.6) is 0 Å². The van der Waals surface area contributed by atoms with Gasteiger partial charge >= 0.3 is 0 Å². The number of halogens is 2. The Hall–Kier alpha value is -1.03. The summed E-state index contributed by atoms with van der Waals surface area (Å²) in [6.07, 6.45) is -0.111. The Morgan fingerprint density at radius 2 is 2.00 bits per heavy atom. The van der Waals surface area contributed by atoms with Crippen molar-refractivity contribution in [3.05, 3.63) is 51.3 Å². The molecule has 0 spiro atoms. The number of hydrogen-bond acceptors (Lipinski definition) is 2. The molecule has 102 valence electrons. The van der Waals surface area contributed by atoms with Gasteiger partial charge in [0.2, 0.25) is 0 Å². The van der Waals surface area contributed by atoms with Gasteiger partial charge in [-0.3, -0.25) is 4.68 Å². The second-order valence-electron chi connectivity index (χ2n) is 4.49. The lowest BCUT2D eigenvalue weighted by Crippen LogP contribution is -2.10. The molecular formula is C14H16Cl2N2O. The SMILES string of the molecule is CCn1nc(C)cc1C(O)Cc1ccc(Cl)c(Cl)c1. The number of aliphatic hydroxyl groups excluding tert-OH is 1. The molecule has 0 fully saturated rings. The fraction of sp³-hybridized carbons (Fsp3) is 0.357. The van der Waals surface area contributed by atoms with Crippen molar-refractivity contribution in [2.75, 3.05) is 0 Å². The Bertz CT molecular complexity index is 581. The number of rotatable bonds is 4. The summed E-state index contributed by atoms with van der Waals surface area (Å²) in [4.78, 5) is 0. The third-order valence-electron chi connectivity index (χ3n) is 2.99. The largest absolute Gasteiger partial charge is 0.386 e. The molecule has 0 aliphatic heterocycles. The molecule has 3 nitrogen and oxygen atoms in total. The molecule has 0 saturated carbocycles. The minimum atomic E-state index is -0.599. The topological polar surface area (TPSA) is 38.0 Å². The van der Waals surface area contributed by atoms with E-state index in [4.69, 9.17) is 23.2 Å². The fourth-order valence-corrected chi connectivity index (χ4v) is 2.40. The van der Waals surface area contributed by atoms with E-state index >= 15 is 0 Å². The van der Waals surface area contributed by atoms with Crippen LogP contribution in [-0.2, 0) is 13.0 Å². The van der Waals surface area contributed by atoms with E-state index < -0.39 is 6.10 Å². The first-order valence-corrected chi connectivity index (χ1v) is 6.93. The normalized spacial score (nSPS) is 12.7. The second-order valence-corrected chi connectivity index (χ2v) is 5.31. The smallest absolute Gasteiger partial charge is 0.0996 e. The van der Waals surface area contributed by atoms with Crippen molar-refractivity contribution < 1.29 is 5.11 Å². The number of aromatic nitrogens is 2. The first-order chi connectivity index (χ1) is 9.01. The maximum Gasteiger partial charge on any atom is 0.0996 e. The minimum absolute atomic E-state index is 0.488. The Balaban J connectivity index is 2.20. The molecule has 1 N–H and O–H groups in total. The Labute approximate surface area is 122 Å². The maximum atomic E-state index is 10.3. The molecular weight excluding hydrogens is 283 g/mol. The second kappa shape index (κ2) is 5.95. The van der Waals surface area contributed by atoms with E-state index in [9.17, 15) is 5.11 Å². The highest BCUT2D eigenvalue weighted by atomic mass is 35.5. The summed E-state index contributed by atoms with van der Waals surface area (Å²) >= 11 is 11.9. The average Bonchev–Trinajstić information content (AvgIpc) is 2.75. The van der Waals surface area contributed by atoms with Crippen molar-refractivity contribution in [3.8, 4) is 0 Å². The molecule has 0 aliphatic rings. The molecule has 1 unspecified atom stereocenters. The summed E-state index contributed by atoms with van der Waals surface area (Å²) in [5.41, 5.74) is 2.68. The van der Waals surface area contributed by atoms with E-state index in [0.29, 0.717) is 16.5 Å². The zero-order chi connectivity index (χ0) is 14.0. The molecule has 2 rings (SSSR count). The Morgan fingerprint density at radius 3 is 2.63 bits per heavy atom. The molecule has 0 bridgehead atoms. The predicted molar refractivity (Wildman–Crippen MR) is 77.8 cm³/mol. The molecule has 0 radical (unpaired) electrons. The van der Waals surface area contributed by atoms with Gasteiger partial charge in [0.1, 0.15) is 0 Å². The van der Waals surface area contributed by atoms with Crippen LogP contribution in [0.2, 0.25) is 10.0 Å². The van der Waals surface area contributed by atoms with Crippen LogP contribution in [0.3, 0.4) is 0 Å². The predicted octanol–water partition coefficient (Wildman–Crippen LogP) is 3.79. The lowest BCUT2D eigenvalue weighted by Gasteiger charge is -2.12. The summed E-state index contributed by atoms with van der Waals surface area (Å²) in [6.45, 7) is 4.66. The van der Waals surface area contributed by atoms with Gasteiger partial charge in [0.25, 0.3) is 0 Å². The van der Waals surface area contributed by atoms with Gasteiger partial charge in [0.15, 0.2) is 0 Å². The van der Waals surface area contributed by atoms with E-state index in [1.165, 1.54) is 0 Å².